The highest BCUT2D eigenvalue weighted by Gasteiger charge is 2.28. The second-order valence-electron chi connectivity index (χ2n) is 6.35. The van der Waals surface area contributed by atoms with Gasteiger partial charge < -0.3 is 10.2 Å². The molecule has 0 spiro atoms. The van der Waals surface area contributed by atoms with E-state index in [1.54, 1.807) is 0 Å². The predicted octanol–water partition coefficient (Wildman–Crippen LogP) is 4.27. The summed E-state index contributed by atoms with van der Waals surface area (Å²) in [5.74, 6) is 0.620. The van der Waals surface area contributed by atoms with Gasteiger partial charge in [-0.15, -0.1) is 0 Å². The summed E-state index contributed by atoms with van der Waals surface area (Å²) in [6, 6.07) is 13.7. The maximum atomic E-state index is 11.8. The third-order valence-corrected chi connectivity index (χ3v) is 4.68. The molecular weight excluding hydrogens is 330 g/mol. The van der Waals surface area contributed by atoms with Crippen LogP contribution in [-0.2, 0) is 0 Å². The second-order valence-corrected chi connectivity index (χ2v) is 6.35. The molecule has 1 aromatic heterocycles. The molecule has 1 aliphatic rings. The molecule has 26 heavy (non-hydrogen) atoms. The van der Waals surface area contributed by atoms with Gasteiger partial charge in [-0.2, -0.15) is 0 Å². The SMILES string of the molecule is O=[N+]([O-])c1c(Nc2cccc3ccccc23)ncnc1N1CCCCC1. The number of hydrogen-bond donors (Lipinski definition) is 1. The van der Waals surface area contributed by atoms with E-state index in [2.05, 4.69) is 15.3 Å². The highest BCUT2D eigenvalue weighted by Crippen LogP contribution is 2.36. The summed E-state index contributed by atoms with van der Waals surface area (Å²) in [6.45, 7) is 1.57. The lowest BCUT2D eigenvalue weighted by molar-refractivity contribution is -0.383. The highest BCUT2D eigenvalue weighted by molar-refractivity contribution is 5.96. The molecule has 0 unspecified atom stereocenters. The summed E-state index contributed by atoms with van der Waals surface area (Å²) < 4.78 is 0. The molecule has 1 saturated heterocycles. The van der Waals surface area contributed by atoms with Crippen molar-refractivity contribution in [3.8, 4) is 0 Å². The topological polar surface area (TPSA) is 84.2 Å². The van der Waals surface area contributed by atoms with E-state index in [0.29, 0.717) is 5.82 Å². The summed E-state index contributed by atoms with van der Waals surface area (Å²) in [6.07, 6.45) is 4.58. The number of anilines is 3. The van der Waals surface area contributed by atoms with Gasteiger partial charge in [0.25, 0.3) is 0 Å². The largest absolute Gasteiger partial charge is 0.353 e. The molecule has 0 radical (unpaired) electrons. The molecule has 0 bridgehead atoms. The zero-order valence-electron chi connectivity index (χ0n) is 14.3. The van der Waals surface area contributed by atoms with Gasteiger partial charge >= 0.3 is 5.69 Å². The Morgan fingerprint density at radius 2 is 1.77 bits per heavy atom. The van der Waals surface area contributed by atoms with Gasteiger partial charge in [0.2, 0.25) is 11.6 Å². The van der Waals surface area contributed by atoms with Crippen molar-refractivity contribution in [3.63, 3.8) is 0 Å². The van der Waals surface area contributed by atoms with Crippen molar-refractivity contribution >= 4 is 33.8 Å². The molecule has 1 fully saturated rings. The van der Waals surface area contributed by atoms with Crippen LogP contribution in [0.2, 0.25) is 0 Å². The quantitative estimate of drug-likeness (QED) is 0.559. The van der Waals surface area contributed by atoms with E-state index in [4.69, 9.17) is 0 Å². The Hall–Kier alpha value is -3.22. The number of fused-ring (bicyclic) bond motifs is 1. The first-order valence-corrected chi connectivity index (χ1v) is 8.73. The maximum Gasteiger partial charge on any atom is 0.353 e. The van der Waals surface area contributed by atoms with Gasteiger partial charge in [0.05, 0.1) is 4.92 Å². The average Bonchev–Trinajstić information content (AvgIpc) is 2.68. The standard InChI is InChI=1S/C19H19N5O2/c25-24(26)17-18(20-13-21-19(17)23-11-4-1-5-12-23)22-16-10-6-8-14-7-2-3-9-15(14)16/h2-3,6-10,13H,1,4-5,11-12H2,(H,20,21,22). The van der Waals surface area contributed by atoms with E-state index >= 15 is 0 Å². The van der Waals surface area contributed by atoms with E-state index in [1.807, 2.05) is 47.4 Å². The molecule has 7 nitrogen and oxygen atoms in total. The Morgan fingerprint density at radius 3 is 2.58 bits per heavy atom. The monoisotopic (exact) mass is 349 g/mol. The van der Waals surface area contributed by atoms with Crippen LogP contribution in [0, 0.1) is 10.1 Å². The fraction of sp³-hybridized carbons (Fsp3) is 0.263. The van der Waals surface area contributed by atoms with Crippen LogP contribution >= 0.6 is 0 Å². The van der Waals surface area contributed by atoms with E-state index < -0.39 is 4.92 Å². The number of nitro groups is 1. The lowest BCUT2D eigenvalue weighted by Gasteiger charge is -2.27. The van der Waals surface area contributed by atoms with Gasteiger partial charge in [-0.3, -0.25) is 10.1 Å². The average molecular weight is 349 g/mol. The first-order chi connectivity index (χ1) is 12.7. The number of benzene rings is 2. The third kappa shape index (κ3) is 3.03. The van der Waals surface area contributed by atoms with Gasteiger partial charge in [-0.1, -0.05) is 36.4 Å². The van der Waals surface area contributed by atoms with E-state index in [9.17, 15) is 10.1 Å². The molecule has 1 N–H and O–H groups in total. The van der Waals surface area contributed by atoms with Crippen LogP contribution < -0.4 is 10.2 Å². The Balaban J connectivity index is 1.77. The van der Waals surface area contributed by atoms with Crippen LogP contribution in [0.5, 0.6) is 0 Å². The number of hydrogen-bond acceptors (Lipinski definition) is 6. The number of piperidine rings is 1. The smallest absolute Gasteiger partial charge is 0.351 e. The first-order valence-electron chi connectivity index (χ1n) is 8.73. The molecule has 2 heterocycles. The van der Waals surface area contributed by atoms with Gasteiger partial charge in [0.1, 0.15) is 6.33 Å². The van der Waals surface area contributed by atoms with E-state index in [0.717, 1.165) is 48.8 Å². The van der Waals surface area contributed by atoms with Gasteiger partial charge in [-0.05, 0) is 30.7 Å². The van der Waals surface area contributed by atoms with Gasteiger partial charge in [0.15, 0.2) is 0 Å². The van der Waals surface area contributed by atoms with Crippen molar-refractivity contribution in [2.45, 2.75) is 19.3 Å². The van der Waals surface area contributed by atoms with Crippen LogP contribution in [0.3, 0.4) is 0 Å². The summed E-state index contributed by atoms with van der Waals surface area (Å²) in [4.78, 5) is 21.8. The minimum atomic E-state index is -0.391. The van der Waals surface area contributed by atoms with Crippen molar-refractivity contribution < 1.29 is 4.92 Å². The predicted molar refractivity (Wildman–Crippen MR) is 102 cm³/mol. The summed E-state index contributed by atoms with van der Waals surface area (Å²) in [7, 11) is 0. The zero-order chi connectivity index (χ0) is 17.9. The number of rotatable bonds is 4. The minimum Gasteiger partial charge on any atom is -0.351 e. The van der Waals surface area contributed by atoms with Crippen molar-refractivity contribution in [1.82, 2.24) is 9.97 Å². The van der Waals surface area contributed by atoms with Crippen LogP contribution in [0.4, 0.5) is 23.0 Å². The van der Waals surface area contributed by atoms with Crippen molar-refractivity contribution in [2.24, 2.45) is 0 Å². The molecular formula is C19H19N5O2. The van der Waals surface area contributed by atoms with Crippen LogP contribution in [0.15, 0.2) is 48.8 Å². The van der Waals surface area contributed by atoms with Crippen molar-refractivity contribution in [3.05, 3.63) is 58.9 Å². The zero-order valence-corrected chi connectivity index (χ0v) is 14.3. The Labute approximate surface area is 150 Å². The molecule has 2 aromatic carbocycles. The second kappa shape index (κ2) is 6.95. The third-order valence-electron chi connectivity index (χ3n) is 4.68. The normalized spacial score (nSPS) is 14.4. The minimum absolute atomic E-state index is 0.0673. The maximum absolute atomic E-state index is 11.8. The molecule has 3 aromatic rings. The number of aromatic nitrogens is 2. The molecule has 0 atom stereocenters. The molecule has 7 heteroatoms. The molecule has 132 valence electrons. The van der Waals surface area contributed by atoms with Crippen molar-refractivity contribution in [2.75, 3.05) is 23.3 Å². The fourth-order valence-electron chi connectivity index (χ4n) is 3.43. The van der Waals surface area contributed by atoms with Gasteiger partial charge in [0, 0.05) is 24.2 Å². The van der Waals surface area contributed by atoms with Crippen LogP contribution in [0.25, 0.3) is 10.8 Å². The number of nitrogens with zero attached hydrogens (tertiary/aromatic N) is 4. The Bertz CT molecular complexity index is 948. The first kappa shape index (κ1) is 16.3. The lowest BCUT2D eigenvalue weighted by Crippen LogP contribution is -2.31. The van der Waals surface area contributed by atoms with Gasteiger partial charge in [-0.25, -0.2) is 9.97 Å². The lowest BCUT2D eigenvalue weighted by atomic mass is 10.1. The molecule has 0 saturated carbocycles. The van der Waals surface area contributed by atoms with Crippen LogP contribution in [0.1, 0.15) is 19.3 Å². The fourth-order valence-corrected chi connectivity index (χ4v) is 3.43. The highest BCUT2D eigenvalue weighted by atomic mass is 16.6. The number of nitrogens with one attached hydrogen (secondary N) is 1. The molecule has 0 amide bonds. The molecule has 4 rings (SSSR count). The summed E-state index contributed by atoms with van der Waals surface area (Å²) in [5, 5.41) is 17.0. The Morgan fingerprint density at radius 1 is 1.00 bits per heavy atom. The Kier molecular flexibility index (Phi) is 4.35. The molecule has 1 aliphatic heterocycles. The summed E-state index contributed by atoms with van der Waals surface area (Å²) >= 11 is 0. The summed E-state index contributed by atoms with van der Waals surface area (Å²) in [5.41, 5.74) is 0.719. The van der Waals surface area contributed by atoms with E-state index in [-0.39, 0.29) is 11.5 Å². The van der Waals surface area contributed by atoms with Crippen LogP contribution in [-0.4, -0.2) is 28.0 Å². The molecule has 0 aliphatic carbocycles. The van der Waals surface area contributed by atoms with Crippen molar-refractivity contribution in [1.29, 1.82) is 0 Å². The van der Waals surface area contributed by atoms with E-state index in [1.165, 1.54) is 6.33 Å².